The van der Waals surface area contributed by atoms with Gasteiger partial charge in [0.05, 0.1) is 6.61 Å². The lowest BCUT2D eigenvalue weighted by Crippen LogP contribution is -2.52. The fourth-order valence-corrected chi connectivity index (χ4v) is 2.55. The van der Waals surface area contributed by atoms with E-state index in [0.717, 1.165) is 32.2 Å². The third-order valence-corrected chi connectivity index (χ3v) is 3.67. The number of carbonyl (C=O) groups excluding carboxylic acids is 2. The average Bonchev–Trinajstić information content (AvgIpc) is 2.50. The predicted molar refractivity (Wildman–Crippen MR) is 82.0 cm³/mol. The van der Waals surface area contributed by atoms with Gasteiger partial charge in [0.25, 0.3) is 0 Å². The van der Waals surface area contributed by atoms with E-state index in [9.17, 15) is 9.59 Å². The third kappa shape index (κ3) is 6.44. The molecular weight excluding hydrogens is 270 g/mol. The highest BCUT2D eigenvalue weighted by Crippen LogP contribution is 2.18. The summed E-state index contributed by atoms with van der Waals surface area (Å²) in [5.41, 5.74) is 0. The Morgan fingerprint density at radius 2 is 2.05 bits per heavy atom. The van der Waals surface area contributed by atoms with Gasteiger partial charge in [-0.1, -0.05) is 6.92 Å². The number of nitrogens with one attached hydrogen (secondary N) is 2. The quantitative estimate of drug-likeness (QED) is 0.609. The first kappa shape index (κ1) is 17.9. The first-order valence-corrected chi connectivity index (χ1v) is 7.97. The van der Waals surface area contributed by atoms with Gasteiger partial charge in [-0.15, -0.1) is 0 Å². The zero-order valence-electron chi connectivity index (χ0n) is 13.3. The fourth-order valence-electron chi connectivity index (χ4n) is 2.55. The van der Waals surface area contributed by atoms with Crippen LogP contribution < -0.4 is 10.6 Å². The molecule has 0 radical (unpaired) electrons. The maximum Gasteiger partial charge on any atom is 0.242 e. The van der Waals surface area contributed by atoms with Crippen molar-refractivity contribution < 1.29 is 14.3 Å². The van der Waals surface area contributed by atoms with Crippen LogP contribution >= 0.6 is 0 Å². The summed E-state index contributed by atoms with van der Waals surface area (Å²) < 4.78 is 4.93. The Morgan fingerprint density at radius 1 is 1.24 bits per heavy atom. The smallest absolute Gasteiger partial charge is 0.242 e. The van der Waals surface area contributed by atoms with Gasteiger partial charge in [-0.3, -0.25) is 9.59 Å². The summed E-state index contributed by atoms with van der Waals surface area (Å²) in [6.45, 7) is 5.43. The lowest BCUT2D eigenvalue weighted by Gasteiger charge is -2.34. The Bertz CT molecular complexity index is 323. The van der Waals surface area contributed by atoms with Crippen LogP contribution in [0.15, 0.2) is 0 Å². The number of likely N-dealkylation sites (tertiary alicyclic amines) is 1. The molecule has 1 fully saturated rings. The molecule has 122 valence electrons. The van der Waals surface area contributed by atoms with Crippen LogP contribution in [0.25, 0.3) is 0 Å². The van der Waals surface area contributed by atoms with Crippen molar-refractivity contribution in [1.29, 1.82) is 0 Å². The lowest BCUT2D eigenvalue weighted by molar-refractivity contribution is -0.142. The second kappa shape index (κ2) is 10.6. The van der Waals surface area contributed by atoms with Crippen LogP contribution in [0.5, 0.6) is 0 Å². The number of rotatable bonds is 9. The van der Waals surface area contributed by atoms with Crippen molar-refractivity contribution in [3.8, 4) is 0 Å². The van der Waals surface area contributed by atoms with Crippen molar-refractivity contribution in [3.63, 3.8) is 0 Å². The molecule has 0 spiro atoms. The largest absolute Gasteiger partial charge is 0.383 e. The standard InChI is InChI=1S/C15H29N3O3/c1-3-6-14(19)18-11-5-4-7-13(18)15(20)17-9-8-16-10-12-21-2/h13,16H,3-12H2,1-2H3,(H,17,20). The van der Waals surface area contributed by atoms with Crippen LogP contribution in [0.3, 0.4) is 0 Å². The van der Waals surface area contributed by atoms with Crippen LogP contribution in [0.1, 0.15) is 39.0 Å². The summed E-state index contributed by atoms with van der Waals surface area (Å²) in [6.07, 6.45) is 4.14. The molecule has 2 N–H and O–H groups in total. The average molecular weight is 299 g/mol. The first-order valence-electron chi connectivity index (χ1n) is 7.97. The van der Waals surface area contributed by atoms with Crippen molar-refractivity contribution >= 4 is 11.8 Å². The van der Waals surface area contributed by atoms with Gasteiger partial charge in [0.2, 0.25) is 11.8 Å². The molecule has 2 amide bonds. The Balaban J connectivity index is 2.33. The van der Waals surface area contributed by atoms with Crippen molar-refractivity contribution in [2.45, 2.75) is 45.1 Å². The molecule has 6 heteroatoms. The molecule has 1 aliphatic rings. The number of carbonyl (C=O) groups is 2. The minimum atomic E-state index is -0.281. The van der Waals surface area contributed by atoms with E-state index in [-0.39, 0.29) is 17.9 Å². The van der Waals surface area contributed by atoms with Gasteiger partial charge in [-0.25, -0.2) is 0 Å². The van der Waals surface area contributed by atoms with Gasteiger partial charge < -0.3 is 20.3 Å². The SMILES string of the molecule is CCCC(=O)N1CCCCC1C(=O)NCCNCCOC. The summed E-state index contributed by atoms with van der Waals surface area (Å²) >= 11 is 0. The third-order valence-electron chi connectivity index (χ3n) is 3.67. The molecule has 0 saturated carbocycles. The van der Waals surface area contributed by atoms with Crippen molar-refractivity contribution in [3.05, 3.63) is 0 Å². The van der Waals surface area contributed by atoms with E-state index in [0.29, 0.717) is 32.7 Å². The highest BCUT2D eigenvalue weighted by atomic mass is 16.5. The predicted octanol–water partition coefficient (Wildman–Crippen LogP) is 0.520. The first-order chi connectivity index (χ1) is 10.2. The molecule has 0 bridgehead atoms. The van der Waals surface area contributed by atoms with E-state index in [1.54, 1.807) is 12.0 Å². The molecule has 6 nitrogen and oxygen atoms in total. The highest BCUT2D eigenvalue weighted by molar-refractivity contribution is 5.87. The van der Waals surface area contributed by atoms with Crippen LogP contribution in [-0.2, 0) is 14.3 Å². The number of hydrogen-bond acceptors (Lipinski definition) is 4. The van der Waals surface area contributed by atoms with Crippen molar-refractivity contribution in [2.75, 3.05) is 39.9 Å². The molecule has 0 aromatic carbocycles. The summed E-state index contributed by atoms with van der Waals surface area (Å²) in [7, 11) is 1.66. The number of amides is 2. The summed E-state index contributed by atoms with van der Waals surface area (Å²) in [6, 6.07) is -0.281. The van der Waals surface area contributed by atoms with Crippen LogP contribution in [0.2, 0.25) is 0 Å². The maximum absolute atomic E-state index is 12.2. The Labute approximate surface area is 127 Å². The van der Waals surface area contributed by atoms with Crippen LogP contribution in [0.4, 0.5) is 0 Å². The molecule has 21 heavy (non-hydrogen) atoms. The van der Waals surface area contributed by atoms with E-state index in [2.05, 4.69) is 10.6 Å². The minimum absolute atomic E-state index is 0.0207. The minimum Gasteiger partial charge on any atom is -0.383 e. The van der Waals surface area contributed by atoms with E-state index in [1.165, 1.54) is 0 Å². The molecule has 1 heterocycles. The number of methoxy groups -OCH3 is 1. The Kier molecular flexibility index (Phi) is 9.01. The number of piperidine rings is 1. The van der Waals surface area contributed by atoms with Gasteiger partial charge in [0.15, 0.2) is 0 Å². The monoisotopic (exact) mass is 299 g/mol. The molecule has 0 aromatic rings. The zero-order valence-corrected chi connectivity index (χ0v) is 13.3. The van der Waals surface area contributed by atoms with Gasteiger partial charge in [-0.05, 0) is 25.7 Å². The zero-order chi connectivity index (χ0) is 15.5. The normalized spacial score (nSPS) is 18.6. The molecule has 1 aliphatic heterocycles. The van der Waals surface area contributed by atoms with Gasteiger partial charge in [-0.2, -0.15) is 0 Å². The molecule has 1 rings (SSSR count). The topological polar surface area (TPSA) is 70.7 Å². The molecular formula is C15H29N3O3. The van der Waals surface area contributed by atoms with Gasteiger partial charge in [0.1, 0.15) is 6.04 Å². The van der Waals surface area contributed by atoms with E-state index in [4.69, 9.17) is 4.74 Å². The van der Waals surface area contributed by atoms with Gasteiger partial charge >= 0.3 is 0 Å². The van der Waals surface area contributed by atoms with Crippen LogP contribution in [-0.4, -0.2) is 62.7 Å². The second-order valence-corrected chi connectivity index (χ2v) is 5.38. The lowest BCUT2D eigenvalue weighted by atomic mass is 10.0. The van der Waals surface area contributed by atoms with E-state index < -0.39 is 0 Å². The van der Waals surface area contributed by atoms with Crippen molar-refractivity contribution in [1.82, 2.24) is 15.5 Å². The van der Waals surface area contributed by atoms with Gasteiger partial charge in [0, 0.05) is 39.7 Å². The van der Waals surface area contributed by atoms with Crippen LogP contribution in [0, 0.1) is 0 Å². The summed E-state index contributed by atoms with van der Waals surface area (Å²) in [4.78, 5) is 26.1. The molecule has 1 atom stereocenters. The van der Waals surface area contributed by atoms with E-state index >= 15 is 0 Å². The molecule has 0 aromatic heterocycles. The summed E-state index contributed by atoms with van der Waals surface area (Å²) in [5, 5.41) is 6.10. The highest BCUT2D eigenvalue weighted by Gasteiger charge is 2.31. The summed E-state index contributed by atoms with van der Waals surface area (Å²) in [5.74, 6) is 0.0864. The van der Waals surface area contributed by atoms with E-state index in [1.807, 2.05) is 6.92 Å². The fraction of sp³-hybridized carbons (Fsp3) is 0.867. The molecule has 1 saturated heterocycles. The number of nitrogens with zero attached hydrogens (tertiary/aromatic N) is 1. The second-order valence-electron chi connectivity index (χ2n) is 5.38. The van der Waals surface area contributed by atoms with Crippen molar-refractivity contribution in [2.24, 2.45) is 0 Å². The Morgan fingerprint density at radius 3 is 2.76 bits per heavy atom. The maximum atomic E-state index is 12.2. The number of ether oxygens (including phenoxy) is 1. The molecule has 1 unspecified atom stereocenters. The molecule has 0 aliphatic carbocycles. The number of hydrogen-bond donors (Lipinski definition) is 2. The Hall–Kier alpha value is -1.14.